The number of anilines is 1. The molecule has 1 aromatic heterocycles. The van der Waals surface area contributed by atoms with Crippen molar-refractivity contribution >= 4 is 29.2 Å². The smallest absolute Gasteiger partial charge is 0.249 e. The number of aromatic nitrogens is 2. The highest BCUT2D eigenvalue weighted by molar-refractivity contribution is 6.30. The average Bonchev–Trinajstić information content (AvgIpc) is 3.33. The Bertz CT molecular complexity index is 1310. The Morgan fingerprint density at radius 3 is 2.32 bits per heavy atom. The van der Waals surface area contributed by atoms with Crippen molar-refractivity contribution in [1.29, 1.82) is 0 Å². The summed E-state index contributed by atoms with van der Waals surface area (Å²) in [5, 5.41) is 8.25. The Balaban J connectivity index is 1.46. The molecule has 0 unspecified atom stereocenters. The summed E-state index contributed by atoms with van der Waals surface area (Å²) in [6.45, 7) is 2.57. The summed E-state index contributed by atoms with van der Waals surface area (Å²) in [6, 6.07) is 28.4. The predicted molar refractivity (Wildman–Crippen MR) is 146 cm³/mol. The van der Waals surface area contributed by atoms with Crippen molar-refractivity contribution in [1.82, 2.24) is 14.7 Å². The highest BCUT2D eigenvalue weighted by Crippen LogP contribution is 2.25. The molecule has 0 spiro atoms. The van der Waals surface area contributed by atoms with Crippen LogP contribution in [0, 0.1) is 0 Å². The number of halogens is 1. The van der Waals surface area contributed by atoms with E-state index < -0.39 is 0 Å². The number of ether oxygens (including phenoxy) is 1. The number of carbonyl (C=O) groups is 2. The van der Waals surface area contributed by atoms with Gasteiger partial charge in [-0.3, -0.25) is 9.59 Å². The zero-order chi connectivity index (χ0) is 26.0. The summed E-state index contributed by atoms with van der Waals surface area (Å²) in [7, 11) is 0. The van der Waals surface area contributed by atoms with E-state index in [1.165, 1.54) is 4.90 Å². The molecule has 37 heavy (non-hydrogen) atoms. The fraction of sp³-hybridized carbons (Fsp3) is 0.207. The van der Waals surface area contributed by atoms with E-state index in [0.29, 0.717) is 29.7 Å². The Morgan fingerprint density at radius 1 is 0.973 bits per heavy atom. The minimum atomic E-state index is -0.320. The van der Waals surface area contributed by atoms with Gasteiger partial charge in [-0.05, 0) is 36.2 Å². The second kappa shape index (κ2) is 12.9. The number of nitrogens with zero attached hydrogens (tertiary/aromatic N) is 3. The number of rotatable bonds is 11. The van der Waals surface area contributed by atoms with Crippen LogP contribution in [-0.2, 0) is 20.9 Å². The summed E-state index contributed by atoms with van der Waals surface area (Å²) in [5.41, 5.74) is 3.36. The zero-order valence-corrected chi connectivity index (χ0v) is 21.4. The van der Waals surface area contributed by atoms with Crippen molar-refractivity contribution in [2.45, 2.75) is 20.0 Å². The average molecular weight is 517 g/mol. The number of amides is 2. The third kappa shape index (κ3) is 7.29. The van der Waals surface area contributed by atoms with E-state index in [1.54, 1.807) is 16.8 Å². The van der Waals surface area contributed by atoms with Crippen molar-refractivity contribution in [3.05, 3.63) is 102 Å². The van der Waals surface area contributed by atoms with Gasteiger partial charge in [-0.15, -0.1) is 0 Å². The lowest BCUT2D eigenvalue weighted by Crippen LogP contribution is -2.40. The number of carbonyl (C=O) groups excluding carboxylic acids is 2. The predicted octanol–water partition coefficient (Wildman–Crippen LogP) is 5.59. The van der Waals surface area contributed by atoms with E-state index in [4.69, 9.17) is 21.4 Å². The second-order valence-corrected chi connectivity index (χ2v) is 8.95. The van der Waals surface area contributed by atoms with Crippen LogP contribution in [0.25, 0.3) is 16.9 Å². The van der Waals surface area contributed by atoms with Gasteiger partial charge in [0.1, 0.15) is 12.4 Å². The summed E-state index contributed by atoms with van der Waals surface area (Å²) in [6.07, 6.45) is 0.721. The largest absolute Gasteiger partial charge is 0.367 e. The van der Waals surface area contributed by atoms with Gasteiger partial charge in [-0.25, -0.2) is 4.68 Å². The maximum atomic E-state index is 13.1. The molecule has 0 atom stereocenters. The van der Waals surface area contributed by atoms with Gasteiger partial charge in [0.25, 0.3) is 0 Å². The number of benzene rings is 3. The quantitative estimate of drug-likeness (QED) is 0.282. The maximum absolute atomic E-state index is 13.1. The molecule has 2 amide bonds. The highest BCUT2D eigenvalue weighted by atomic mass is 35.5. The first kappa shape index (κ1) is 26.1. The van der Waals surface area contributed by atoms with Gasteiger partial charge in [0, 0.05) is 23.2 Å². The molecule has 0 aliphatic rings. The first-order chi connectivity index (χ1) is 18.0. The molecule has 0 aliphatic carbocycles. The Hall–Kier alpha value is -3.94. The van der Waals surface area contributed by atoms with Crippen molar-refractivity contribution in [2.75, 3.05) is 25.0 Å². The molecule has 4 rings (SSSR count). The SMILES string of the molecule is CCCN(CC(=O)Nc1cc(-c2ccccc2)nn1-c1ccc(Cl)cc1)C(=O)COCc1ccccc1. The summed E-state index contributed by atoms with van der Waals surface area (Å²) in [4.78, 5) is 27.4. The van der Waals surface area contributed by atoms with Crippen LogP contribution in [-0.4, -0.2) is 46.2 Å². The molecular formula is C29H29ClN4O3. The summed E-state index contributed by atoms with van der Waals surface area (Å²) >= 11 is 6.06. The topological polar surface area (TPSA) is 76.5 Å². The Kier molecular flexibility index (Phi) is 9.08. The van der Waals surface area contributed by atoms with E-state index in [9.17, 15) is 9.59 Å². The molecule has 8 heteroatoms. The Labute approximate surface area is 221 Å². The van der Waals surface area contributed by atoms with Crippen molar-refractivity contribution < 1.29 is 14.3 Å². The summed E-state index contributed by atoms with van der Waals surface area (Å²) < 4.78 is 7.26. The molecule has 0 bridgehead atoms. The molecule has 0 saturated carbocycles. The number of hydrogen-bond acceptors (Lipinski definition) is 4. The van der Waals surface area contributed by atoms with E-state index in [1.807, 2.05) is 85.8 Å². The molecule has 0 radical (unpaired) electrons. The standard InChI is InChI=1S/C29H29ClN4O3/c1-2-17-33(29(36)21-37-20-22-9-5-3-6-10-22)19-28(35)31-27-18-26(23-11-7-4-8-12-23)32-34(27)25-15-13-24(30)14-16-25/h3-16,18H,2,17,19-21H2,1H3,(H,31,35). The van der Waals surface area contributed by atoms with Crippen molar-refractivity contribution in [3.8, 4) is 16.9 Å². The molecule has 7 nitrogen and oxygen atoms in total. The molecule has 4 aromatic rings. The van der Waals surface area contributed by atoms with Crippen molar-refractivity contribution in [3.63, 3.8) is 0 Å². The first-order valence-corrected chi connectivity index (χ1v) is 12.5. The number of hydrogen-bond donors (Lipinski definition) is 1. The molecule has 1 heterocycles. The minimum absolute atomic E-state index is 0.0894. The molecule has 0 aliphatic heterocycles. The maximum Gasteiger partial charge on any atom is 0.249 e. The van der Waals surface area contributed by atoms with Crippen LogP contribution in [0.3, 0.4) is 0 Å². The lowest BCUT2D eigenvalue weighted by atomic mass is 10.1. The summed E-state index contributed by atoms with van der Waals surface area (Å²) in [5.74, 6) is -0.0564. The minimum Gasteiger partial charge on any atom is -0.367 e. The van der Waals surface area contributed by atoms with Gasteiger partial charge in [-0.2, -0.15) is 5.10 Å². The van der Waals surface area contributed by atoms with Gasteiger partial charge in [0.05, 0.1) is 24.5 Å². The van der Waals surface area contributed by atoms with Crippen LogP contribution in [0.15, 0.2) is 91.0 Å². The van der Waals surface area contributed by atoms with Crippen molar-refractivity contribution in [2.24, 2.45) is 0 Å². The fourth-order valence-corrected chi connectivity index (χ4v) is 3.96. The monoisotopic (exact) mass is 516 g/mol. The third-order valence-corrected chi connectivity index (χ3v) is 5.89. The molecule has 3 aromatic carbocycles. The van der Waals surface area contributed by atoms with E-state index in [0.717, 1.165) is 23.2 Å². The number of nitrogens with one attached hydrogen (secondary N) is 1. The van der Waals surface area contributed by atoms with Gasteiger partial charge >= 0.3 is 0 Å². The van der Waals surface area contributed by atoms with Gasteiger partial charge in [0.2, 0.25) is 11.8 Å². The molecular weight excluding hydrogens is 488 g/mol. The molecule has 0 saturated heterocycles. The fourth-order valence-electron chi connectivity index (χ4n) is 3.84. The van der Waals surface area contributed by atoms with E-state index >= 15 is 0 Å². The van der Waals surface area contributed by atoms with Crippen LogP contribution < -0.4 is 5.32 Å². The van der Waals surface area contributed by atoms with Crippen LogP contribution in [0.1, 0.15) is 18.9 Å². The van der Waals surface area contributed by atoms with E-state index in [2.05, 4.69) is 5.32 Å². The Morgan fingerprint density at radius 2 is 1.65 bits per heavy atom. The third-order valence-electron chi connectivity index (χ3n) is 5.64. The van der Waals surface area contributed by atoms with Gasteiger partial charge in [-0.1, -0.05) is 79.2 Å². The van der Waals surface area contributed by atoms with Gasteiger partial charge in [0.15, 0.2) is 0 Å². The van der Waals surface area contributed by atoms with Crippen LogP contribution in [0.4, 0.5) is 5.82 Å². The lowest BCUT2D eigenvalue weighted by Gasteiger charge is -2.21. The van der Waals surface area contributed by atoms with Crippen LogP contribution >= 0.6 is 11.6 Å². The highest BCUT2D eigenvalue weighted by Gasteiger charge is 2.19. The van der Waals surface area contributed by atoms with Gasteiger partial charge < -0.3 is 15.0 Å². The van der Waals surface area contributed by atoms with Crippen LogP contribution in [0.5, 0.6) is 0 Å². The molecule has 1 N–H and O–H groups in total. The molecule has 0 fully saturated rings. The molecule has 190 valence electrons. The second-order valence-electron chi connectivity index (χ2n) is 8.51. The zero-order valence-electron chi connectivity index (χ0n) is 20.6. The normalized spacial score (nSPS) is 10.8. The first-order valence-electron chi connectivity index (χ1n) is 12.1. The van der Waals surface area contributed by atoms with Crippen LogP contribution in [0.2, 0.25) is 5.02 Å². The van der Waals surface area contributed by atoms with E-state index in [-0.39, 0.29) is 25.0 Å². The lowest BCUT2D eigenvalue weighted by molar-refractivity contribution is -0.139.